The second-order valence-corrected chi connectivity index (χ2v) is 8.23. The normalized spacial score (nSPS) is 10.8. The van der Waals surface area contributed by atoms with Crippen molar-refractivity contribution in [2.45, 2.75) is 27.7 Å². The zero-order chi connectivity index (χ0) is 24.1. The van der Waals surface area contributed by atoms with Gasteiger partial charge in [0.1, 0.15) is 11.5 Å². The average molecular weight is 444 g/mol. The molecule has 0 saturated heterocycles. The lowest BCUT2D eigenvalue weighted by Gasteiger charge is -2.18. The van der Waals surface area contributed by atoms with Crippen molar-refractivity contribution < 1.29 is 19.1 Å². The zero-order valence-corrected chi connectivity index (χ0v) is 19.9. The van der Waals surface area contributed by atoms with Crippen LogP contribution in [0.4, 0.5) is 5.69 Å². The Morgan fingerprint density at radius 3 is 2.06 bits per heavy atom. The number of benzene rings is 3. The Bertz CT molecular complexity index is 1210. The molecule has 3 rings (SSSR count). The van der Waals surface area contributed by atoms with E-state index in [-0.39, 0.29) is 5.97 Å². The van der Waals surface area contributed by atoms with E-state index < -0.39 is 5.97 Å². The van der Waals surface area contributed by atoms with Crippen LogP contribution in [0.2, 0.25) is 0 Å². The van der Waals surface area contributed by atoms with Crippen LogP contribution >= 0.6 is 0 Å². The lowest BCUT2D eigenvalue weighted by Crippen LogP contribution is -2.11. The number of hydrogen-bond acceptors (Lipinski definition) is 5. The molecule has 5 nitrogen and oxygen atoms in total. The van der Waals surface area contributed by atoms with E-state index in [0.717, 1.165) is 33.5 Å². The van der Waals surface area contributed by atoms with Crippen LogP contribution in [-0.4, -0.2) is 26.0 Å². The van der Waals surface area contributed by atoms with E-state index in [1.54, 1.807) is 24.3 Å². The Balaban J connectivity index is 1.95. The molecule has 0 radical (unpaired) electrons. The second-order valence-electron chi connectivity index (χ2n) is 8.23. The van der Waals surface area contributed by atoms with E-state index in [9.17, 15) is 9.59 Å². The van der Waals surface area contributed by atoms with Gasteiger partial charge >= 0.3 is 11.9 Å². The molecular weight excluding hydrogens is 414 g/mol. The van der Waals surface area contributed by atoms with Crippen LogP contribution in [0.25, 0.3) is 12.2 Å². The molecule has 0 bridgehead atoms. The molecule has 0 aliphatic rings. The minimum absolute atomic E-state index is 0.375. The summed E-state index contributed by atoms with van der Waals surface area (Å²) in [6, 6.07) is 16.6. The van der Waals surface area contributed by atoms with Gasteiger partial charge in [-0.3, -0.25) is 4.79 Å². The third-order valence-electron chi connectivity index (χ3n) is 5.28. The minimum atomic E-state index is -0.399. The van der Waals surface area contributed by atoms with Crippen molar-refractivity contribution in [2.75, 3.05) is 19.0 Å². The van der Waals surface area contributed by atoms with Gasteiger partial charge in [0.2, 0.25) is 0 Å². The third-order valence-corrected chi connectivity index (χ3v) is 5.28. The Labute approximate surface area is 195 Å². The molecule has 0 saturated carbocycles. The number of ether oxygens (including phenoxy) is 2. The maximum absolute atomic E-state index is 12.5. The topological polar surface area (TPSA) is 55.8 Å². The summed E-state index contributed by atoms with van der Waals surface area (Å²) in [5.74, 6) is 0.228. The molecule has 0 aromatic heterocycles. The number of hydrogen-bond donors (Lipinski definition) is 0. The highest BCUT2D eigenvalue weighted by molar-refractivity contribution is 5.91. The van der Waals surface area contributed by atoms with Crippen LogP contribution in [0.15, 0.2) is 54.6 Å². The van der Waals surface area contributed by atoms with Gasteiger partial charge in [-0.25, -0.2) is 4.79 Å². The van der Waals surface area contributed by atoms with E-state index in [0.29, 0.717) is 17.1 Å². The summed E-state index contributed by atoms with van der Waals surface area (Å²) in [5, 5.41) is 0. The van der Waals surface area contributed by atoms with E-state index in [1.165, 1.54) is 6.92 Å². The number of anilines is 1. The maximum Gasteiger partial charge on any atom is 0.343 e. The first-order chi connectivity index (χ1) is 15.7. The minimum Gasteiger partial charge on any atom is -0.426 e. The first-order valence-electron chi connectivity index (χ1n) is 10.7. The molecule has 33 heavy (non-hydrogen) atoms. The van der Waals surface area contributed by atoms with Gasteiger partial charge in [0.05, 0.1) is 5.56 Å². The highest BCUT2D eigenvalue weighted by Gasteiger charge is 2.13. The lowest BCUT2D eigenvalue weighted by molar-refractivity contribution is -0.131. The van der Waals surface area contributed by atoms with Crippen LogP contribution in [0.1, 0.15) is 45.1 Å². The number of esters is 2. The molecule has 0 aliphatic heterocycles. The van der Waals surface area contributed by atoms with Crippen molar-refractivity contribution in [3.8, 4) is 11.5 Å². The second kappa shape index (κ2) is 10.2. The molecular formula is C28H29NO4. The average Bonchev–Trinajstić information content (AvgIpc) is 2.76. The van der Waals surface area contributed by atoms with Crippen molar-refractivity contribution in [2.24, 2.45) is 0 Å². The molecule has 5 heteroatoms. The molecule has 0 N–H and O–H groups in total. The summed E-state index contributed by atoms with van der Waals surface area (Å²) in [4.78, 5) is 26.2. The highest BCUT2D eigenvalue weighted by Crippen LogP contribution is 2.31. The van der Waals surface area contributed by atoms with E-state index in [1.807, 2.05) is 82.3 Å². The molecule has 3 aromatic rings. The van der Waals surface area contributed by atoms with Crippen LogP contribution in [-0.2, 0) is 4.79 Å². The molecule has 0 spiro atoms. The summed E-state index contributed by atoms with van der Waals surface area (Å²) in [7, 11) is 3.90. The van der Waals surface area contributed by atoms with Crippen LogP contribution in [0.3, 0.4) is 0 Å². The smallest absolute Gasteiger partial charge is 0.343 e. The Morgan fingerprint density at radius 1 is 0.758 bits per heavy atom. The number of nitrogens with zero attached hydrogens (tertiary/aromatic N) is 1. The van der Waals surface area contributed by atoms with E-state index >= 15 is 0 Å². The lowest BCUT2D eigenvalue weighted by atomic mass is 10.0. The number of rotatable bonds is 6. The molecule has 0 heterocycles. The van der Waals surface area contributed by atoms with Gasteiger partial charge in [-0.1, -0.05) is 36.4 Å². The fraction of sp³-hybridized carbons (Fsp3) is 0.214. The van der Waals surface area contributed by atoms with E-state index in [2.05, 4.69) is 0 Å². The van der Waals surface area contributed by atoms with Gasteiger partial charge in [0.15, 0.2) is 0 Å². The number of aryl methyl sites for hydroxylation is 3. The van der Waals surface area contributed by atoms with Crippen LogP contribution in [0, 0.1) is 20.8 Å². The predicted octanol–water partition coefficient (Wildman–Crippen LogP) is 5.99. The Morgan fingerprint density at radius 2 is 1.42 bits per heavy atom. The predicted molar refractivity (Wildman–Crippen MR) is 133 cm³/mol. The van der Waals surface area contributed by atoms with Gasteiger partial charge in [0.25, 0.3) is 0 Å². The van der Waals surface area contributed by atoms with Gasteiger partial charge in [-0.2, -0.15) is 0 Å². The summed E-state index contributed by atoms with van der Waals surface area (Å²) in [6.07, 6.45) is 3.84. The first-order valence-corrected chi connectivity index (χ1v) is 10.7. The maximum atomic E-state index is 12.5. The molecule has 0 unspecified atom stereocenters. The summed E-state index contributed by atoms with van der Waals surface area (Å²) in [5.41, 5.74) is 6.14. The van der Waals surface area contributed by atoms with Gasteiger partial charge in [-0.15, -0.1) is 0 Å². The van der Waals surface area contributed by atoms with Gasteiger partial charge < -0.3 is 14.4 Å². The van der Waals surface area contributed by atoms with Crippen molar-refractivity contribution in [3.05, 3.63) is 88.0 Å². The van der Waals surface area contributed by atoms with Crippen LogP contribution in [0.5, 0.6) is 11.5 Å². The monoisotopic (exact) mass is 443 g/mol. The molecule has 0 aliphatic carbocycles. The first kappa shape index (κ1) is 23.8. The molecule has 3 aromatic carbocycles. The molecule has 0 amide bonds. The zero-order valence-electron chi connectivity index (χ0n) is 19.9. The van der Waals surface area contributed by atoms with Crippen molar-refractivity contribution >= 4 is 29.8 Å². The summed E-state index contributed by atoms with van der Waals surface area (Å²) >= 11 is 0. The number of carbonyl (C=O) groups excluding carboxylic acids is 2. The van der Waals surface area contributed by atoms with Crippen molar-refractivity contribution in [1.29, 1.82) is 0 Å². The Hall–Kier alpha value is -3.86. The molecule has 0 fully saturated rings. The standard InChI is InChI=1S/C28H29NO4/c1-18-14-20(3)26(33-28(31)22-10-8-7-9-11-22)16-23(18)12-13-24-15-19(2)25(29(5)6)17-27(24)32-21(4)30/h7-17H,1-6H3/b13-12+. The van der Waals surface area contributed by atoms with E-state index in [4.69, 9.17) is 9.47 Å². The van der Waals surface area contributed by atoms with Crippen molar-refractivity contribution in [3.63, 3.8) is 0 Å². The Kier molecular flexibility index (Phi) is 7.34. The third kappa shape index (κ3) is 5.89. The largest absolute Gasteiger partial charge is 0.426 e. The number of carbonyl (C=O) groups is 2. The highest BCUT2D eigenvalue weighted by atomic mass is 16.5. The SMILES string of the molecule is CC(=O)Oc1cc(N(C)C)c(C)cc1/C=C/c1cc(OC(=O)c2ccccc2)c(C)cc1C. The fourth-order valence-corrected chi connectivity index (χ4v) is 3.61. The van der Waals surface area contributed by atoms with Gasteiger partial charge in [0, 0.05) is 38.3 Å². The molecule has 0 atom stereocenters. The fourth-order valence-electron chi connectivity index (χ4n) is 3.61. The summed E-state index contributed by atoms with van der Waals surface area (Å²) in [6.45, 7) is 7.32. The molecule has 170 valence electrons. The van der Waals surface area contributed by atoms with Crippen molar-refractivity contribution in [1.82, 2.24) is 0 Å². The summed E-state index contributed by atoms with van der Waals surface area (Å²) < 4.78 is 11.1. The van der Waals surface area contributed by atoms with Crippen LogP contribution < -0.4 is 14.4 Å². The quantitative estimate of drug-likeness (QED) is 0.266. The van der Waals surface area contributed by atoms with Gasteiger partial charge in [-0.05, 0) is 67.3 Å².